The molecule has 2 heterocycles. The highest BCUT2D eigenvalue weighted by Crippen LogP contribution is 2.21. The van der Waals surface area contributed by atoms with Gasteiger partial charge in [-0.05, 0) is 22.4 Å². The van der Waals surface area contributed by atoms with Crippen LogP contribution in [0.1, 0.15) is 12.8 Å². The summed E-state index contributed by atoms with van der Waals surface area (Å²) in [4.78, 5) is 15.1. The van der Waals surface area contributed by atoms with Gasteiger partial charge in [-0.3, -0.25) is 4.79 Å². The second-order valence-electron chi connectivity index (χ2n) is 3.16. The van der Waals surface area contributed by atoms with Gasteiger partial charge in [-0.15, -0.1) is 11.3 Å². The van der Waals surface area contributed by atoms with Crippen LogP contribution in [0.15, 0.2) is 9.98 Å². The number of thiazole rings is 1. The maximum Gasteiger partial charge on any atom is 0.220 e. The molecular weight excluding hydrogens is 266 g/mol. The van der Waals surface area contributed by atoms with Crippen LogP contribution in [0.4, 0.5) is 5.13 Å². The number of nitrogens with one attached hydrogen (secondary N) is 2. The molecule has 76 valence electrons. The number of halogens is 1. The maximum absolute atomic E-state index is 10.9. The summed E-state index contributed by atoms with van der Waals surface area (Å²) in [5, 5.41) is 8.94. The highest BCUT2D eigenvalue weighted by atomic mass is 79.9. The number of hydrogen-bond donors (Lipinski definition) is 2. The third kappa shape index (κ3) is 2.45. The van der Waals surface area contributed by atoms with Crippen molar-refractivity contribution < 1.29 is 4.79 Å². The molecule has 0 radical (unpaired) electrons. The molecule has 0 bridgehead atoms. The summed E-state index contributed by atoms with van der Waals surface area (Å²) in [5.41, 5.74) is 0. The lowest BCUT2D eigenvalue weighted by Gasteiger charge is -2.22. The quantitative estimate of drug-likeness (QED) is 0.862. The van der Waals surface area contributed by atoms with E-state index in [2.05, 4.69) is 31.5 Å². The average molecular weight is 276 g/mol. The molecule has 6 heteroatoms. The van der Waals surface area contributed by atoms with Crippen LogP contribution in [-0.4, -0.2) is 23.5 Å². The van der Waals surface area contributed by atoms with Crippen LogP contribution in [0.3, 0.4) is 0 Å². The molecule has 1 unspecified atom stereocenters. The van der Waals surface area contributed by atoms with Crippen molar-refractivity contribution in [2.45, 2.75) is 18.9 Å². The van der Waals surface area contributed by atoms with Crippen LogP contribution < -0.4 is 10.6 Å². The Morgan fingerprint density at radius 1 is 1.71 bits per heavy atom. The Labute approximate surface area is 94.2 Å². The van der Waals surface area contributed by atoms with Gasteiger partial charge in [0, 0.05) is 24.4 Å². The molecule has 1 atom stereocenters. The van der Waals surface area contributed by atoms with Gasteiger partial charge in [0.05, 0.1) is 0 Å². The van der Waals surface area contributed by atoms with Crippen LogP contribution in [0, 0.1) is 0 Å². The summed E-state index contributed by atoms with van der Waals surface area (Å²) in [7, 11) is 0. The van der Waals surface area contributed by atoms with Crippen molar-refractivity contribution in [1.29, 1.82) is 0 Å². The smallest absolute Gasteiger partial charge is 0.220 e. The number of amides is 1. The van der Waals surface area contributed by atoms with Gasteiger partial charge in [-0.25, -0.2) is 4.98 Å². The van der Waals surface area contributed by atoms with E-state index in [0.29, 0.717) is 19.0 Å². The van der Waals surface area contributed by atoms with E-state index in [-0.39, 0.29) is 5.91 Å². The van der Waals surface area contributed by atoms with Crippen LogP contribution in [0.2, 0.25) is 0 Å². The zero-order valence-electron chi connectivity index (χ0n) is 7.42. The minimum absolute atomic E-state index is 0.142. The number of carbonyl (C=O) groups is 1. The molecule has 1 fully saturated rings. The fourth-order valence-electron chi connectivity index (χ4n) is 1.35. The van der Waals surface area contributed by atoms with Crippen LogP contribution in [0.5, 0.6) is 0 Å². The minimum Gasteiger partial charge on any atom is -0.357 e. The maximum atomic E-state index is 10.9. The van der Waals surface area contributed by atoms with E-state index in [1.165, 1.54) is 0 Å². The molecule has 1 saturated heterocycles. The van der Waals surface area contributed by atoms with Gasteiger partial charge in [-0.1, -0.05) is 0 Å². The van der Waals surface area contributed by atoms with Gasteiger partial charge in [0.25, 0.3) is 0 Å². The first-order valence-electron chi connectivity index (χ1n) is 4.38. The minimum atomic E-state index is 0.142. The second kappa shape index (κ2) is 4.27. The molecule has 14 heavy (non-hydrogen) atoms. The van der Waals surface area contributed by atoms with Gasteiger partial charge in [0.15, 0.2) is 5.13 Å². The Kier molecular flexibility index (Phi) is 3.02. The lowest BCUT2D eigenvalue weighted by molar-refractivity contribution is -0.122. The molecule has 1 aliphatic rings. The van der Waals surface area contributed by atoms with Crippen molar-refractivity contribution in [2.24, 2.45) is 0 Å². The third-order valence-electron chi connectivity index (χ3n) is 2.07. The molecule has 1 aromatic rings. The SMILES string of the molecule is O=C1CCC(Nc2nc(Br)cs2)CN1. The molecular formula is C8H10BrN3OS. The predicted molar refractivity (Wildman–Crippen MR) is 59.5 cm³/mol. The summed E-state index contributed by atoms with van der Waals surface area (Å²) >= 11 is 4.86. The largest absolute Gasteiger partial charge is 0.357 e. The summed E-state index contributed by atoms with van der Waals surface area (Å²) < 4.78 is 0.852. The Balaban J connectivity index is 1.89. The number of carbonyl (C=O) groups excluding carboxylic acids is 1. The summed E-state index contributed by atoms with van der Waals surface area (Å²) in [5.74, 6) is 0.142. The lowest BCUT2D eigenvalue weighted by Crippen LogP contribution is -2.41. The molecule has 2 N–H and O–H groups in total. The summed E-state index contributed by atoms with van der Waals surface area (Å²) in [6.45, 7) is 0.691. The van der Waals surface area contributed by atoms with E-state index in [1.807, 2.05) is 5.38 Å². The van der Waals surface area contributed by atoms with Gasteiger partial charge < -0.3 is 10.6 Å². The van der Waals surface area contributed by atoms with E-state index in [0.717, 1.165) is 16.2 Å². The highest BCUT2D eigenvalue weighted by molar-refractivity contribution is 9.10. The van der Waals surface area contributed by atoms with Crippen molar-refractivity contribution in [2.75, 3.05) is 11.9 Å². The van der Waals surface area contributed by atoms with E-state index < -0.39 is 0 Å². The Bertz CT molecular complexity index is 331. The molecule has 0 saturated carbocycles. The number of hydrogen-bond acceptors (Lipinski definition) is 4. The van der Waals surface area contributed by atoms with Crippen LogP contribution in [0.25, 0.3) is 0 Å². The normalized spacial score (nSPS) is 21.8. The Morgan fingerprint density at radius 2 is 2.57 bits per heavy atom. The van der Waals surface area contributed by atoms with Gasteiger partial charge >= 0.3 is 0 Å². The number of anilines is 1. The van der Waals surface area contributed by atoms with Crippen molar-refractivity contribution in [1.82, 2.24) is 10.3 Å². The summed E-state index contributed by atoms with van der Waals surface area (Å²) in [6, 6.07) is 0.311. The molecule has 0 aromatic carbocycles. The van der Waals surface area contributed by atoms with Gasteiger partial charge in [0.2, 0.25) is 5.91 Å². The number of nitrogens with zero attached hydrogens (tertiary/aromatic N) is 1. The predicted octanol–water partition coefficient (Wildman–Crippen LogP) is 1.60. The van der Waals surface area contributed by atoms with Crippen molar-refractivity contribution in [3.8, 4) is 0 Å². The second-order valence-corrected chi connectivity index (χ2v) is 4.83. The van der Waals surface area contributed by atoms with E-state index >= 15 is 0 Å². The molecule has 1 aliphatic heterocycles. The average Bonchev–Trinajstić information content (AvgIpc) is 2.56. The number of rotatable bonds is 2. The van der Waals surface area contributed by atoms with Gasteiger partial charge in [-0.2, -0.15) is 0 Å². The zero-order valence-corrected chi connectivity index (χ0v) is 9.82. The fourth-order valence-corrected chi connectivity index (χ4v) is 2.57. The molecule has 1 amide bonds. The topological polar surface area (TPSA) is 54.0 Å². The summed E-state index contributed by atoms with van der Waals surface area (Å²) in [6.07, 6.45) is 1.48. The third-order valence-corrected chi connectivity index (χ3v) is 3.55. The lowest BCUT2D eigenvalue weighted by atomic mass is 10.1. The van der Waals surface area contributed by atoms with E-state index in [9.17, 15) is 4.79 Å². The first kappa shape index (κ1) is 9.92. The molecule has 0 aliphatic carbocycles. The highest BCUT2D eigenvalue weighted by Gasteiger charge is 2.18. The first-order valence-corrected chi connectivity index (χ1v) is 6.05. The van der Waals surface area contributed by atoms with Crippen LogP contribution >= 0.6 is 27.3 Å². The molecule has 4 nitrogen and oxygen atoms in total. The van der Waals surface area contributed by atoms with Gasteiger partial charge in [0.1, 0.15) is 4.60 Å². The first-order chi connectivity index (χ1) is 6.74. The van der Waals surface area contributed by atoms with E-state index in [1.54, 1.807) is 11.3 Å². The standard InChI is InChI=1S/C8H10BrN3OS/c9-6-4-14-8(12-6)11-5-1-2-7(13)10-3-5/h4-5H,1-3H2,(H,10,13)(H,11,12). The van der Waals surface area contributed by atoms with E-state index in [4.69, 9.17) is 0 Å². The van der Waals surface area contributed by atoms with Crippen molar-refractivity contribution in [3.05, 3.63) is 9.98 Å². The Morgan fingerprint density at radius 3 is 3.14 bits per heavy atom. The van der Waals surface area contributed by atoms with Crippen molar-refractivity contribution in [3.63, 3.8) is 0 Å². The molecule has 0 spiro atoms. The Hall–Kier alpha value is -0.620. The fraction of sp³-hybridized carbons (Fsp3) is 0.500. The molecule has 2 rings (SSSR count). The molecule has 1 aromatic heterocycles. The number of aromatic nitrogens is 1. The van der Waals surface area contributed by atoms with Crippen LogP contribution in [-0.2, 0) is 4.79 Å². The number of piperidine rings is 1. The monoisotopic (exact) mass is 275 g/mol. The van der Waals surface area contributed by atoms with Crippen molar-refractivity contribution >= 4 is 38.3 Å². The zero-order chi connectivity index (χ0) is 9.97.